The number of benzene rings is 1. The van der Waals surface area contributed by atoms with E-state index in [1.165, 1.54) is 0 Å². The second-order valence-electron chi connectivity index (χ2n) is 8.03. The minimum Gasteiger partial charge on any atom is -0.381 e. The Balaban J connectivity index is 1.49. The lowest BCUT2D eigenvalue weighted by Gasteiger charge is -2.43. The Hall–Kier alpha value is -2.67. The van der Waals surface area contributed by atoms with Gasteiger partial charge in [-0.2, -0.15) is 0 Å². The highest BCUT2D eigenvalue weighted by atomic mass is 16.5. The minimum absolute atomic E-state index is 0.240. The molecule has 30 heavy (non-hydrogen) atoms. The molecule has 0 bridgehead atoms. The number of carbonyl (C=O) groups is 1. The maximum Gasteiger partial charge on any atom is 0.233 e. The number of hydrogen-bond donors (Lipinski definition) is 1. The molecule has 0 atom stereocenters. The van der Waals surface area contributed by atoms with Gasteiger partial charge in [-0.15, -0.1) is 0 Å². The molecule has 4 rings (SSSR count). The Labute approximate surface area is 178 Å². The lowest BCUT2D eigenvalue weighted by molar-refractivity contribution is -0.141. The Morgan fingerprint density at radius 3 is 2.47 bits per heavy atom. The first-order chi connectivity index (χ1) is 14.6. The molecule has 2 aliphatic rings. The third-order valence-corrected chi connectivity index (χ3v) is 6.16. The quantitative estimate of drug-likeness (QED) is 0.819. The number of hydrogen-bond acceptors (Lipinski definition) is 6. The van der Waals surface area contributed by atoms with Gasteiger partial charge >= 0.3 is 0 Å². The second-order valence-corrected chi connectivity index (χ2v) is 8.03. The molecule has 0 unspecified atom stereocenters. The molecule has 2 fully saturated rings. The molecule has 2 aliphatic heterocycles. The van der Waals surface area contributed by atoms with E-state index in [0.717, 1.165) is 55.5 Å². The van der Waals surface area contributed by atoms with Crippen molar-refractivity contribution in [2.45, 2.75) is 32.1 Å². The van der Waals surface area contributed by atoms with Crippen molar-refractivity contribution in [3.8, 4) is 0 Å². The van der Waals surface area contributed by atoms with E-state index >= 15 is 0 Å². The summed E-state index contributed by atoms with van der Waals surface area (Å²) in [7, 11) is 0. The monoisotopic (exact) mass is 409 g/mol. The number of nitrogens with one attached hydrogen (secondary N) is 1. The van der Waals surface area contributed by atoms with Gasteiger partial charge in [0.15, 0.2) is 0 Å². The van der Waals surface area contributed by atoms with Crippen LogP contribution in [0.2, 0.25) is 0 Å². The second kappa shape index (κ2) is 9.00. The largest absolute Gasteiger partial charge is 0.381 e. The molecular weight excluding hydrogens is 378 g/mol. The first kappa shape index (κ1) is 20.6. The maximum absolute atomic E-state index is 13.7. The van der Waals surface area contributed by atoms with Gasteiger partial charge in [-0.25, -0.2) is 9.97 Å². The van der Waals surface area contributed by atoms with Gasteiger partial charge in [-0.3, -0.25) is 4.79 Å². The van der Waals surface area contributed by atoms with E-state index < -0.39 is 5.41 Å². The van der Waals surface area contributed by atoms with Crippen LogP contribution in [0.5, 0.6) is 0 Å². The van der Waals surface area contributed by atoms with Crippen LogP contribution < -0.4 is 10.2 Å². The van der Waals surface area contributed by atoms with Crippen LogP contribution in [-0.2, 0) is 14.9 Å². The lowest BCUT2D eigenvalue weighted by atomic mass is 9.73. The SMILES string of the molecule is CCNc1cc(N2CCN(C(=O)C3(c4ccccc4)CCOCC3)CC2)nc(C)n1. The van der Waals surface area contributed by atoms with Crippen LogP contribution >= 0.6 is 0 Å². The normalized spacial score (nSPS) is 18.9. The van der Waals surface area contributed by atoms with Crippen molar-refractivity contribution < 1.29 is 9.53 Å². The van der Waals surface area contributed by atoms with Crippen molar-refractivity contribution in [2.24, 2.45) is 0 Å². The molecule has 1 aromatic heterocycles. The summed E-state index contributed by atoms with van der Waals surface area (Å²) in [4.78, 5) is 27.1. The number of amides is 1. The summed E-state index contributed by atoms with van der Waals surface area (Å²) < 4.78 is 5.60. The van der Waals surface area contributed by atoms with E-state index in [9.17, 15) is 4.79 Å². The molecule has 160 valence electrons. The predicted octanol–water partition coefficient (Wildman–Crippen LogP) is 2.61. The number of rotatable bonds is 5. The smallest absolute Gasteiger partial charge is 0.233 e. The number of piperazine rings is 1. The van der Waals surface area contributed by atoms with Crippen molar-refractivity contribution >= 4 is 17.5 Å². The molecule has 1 aromatic carbocycles. The third-order valence-electron chi connectivity index (χ3n) is 6.16. The molecule has 0 aliphatic carbocycles. The van der Waals surface area contributed by atoms with Gasteiger partial charge in [0, 0.05) is 52.0 Å². The fourth-order valence-electron chi connectivity index (χ4n) is 4.53. The number of aromatic nitrogens is 2. The highest BCUT2D eigenvalue weighted by molar-refractivity contribution is 5.88. The first-order valence-electron chi connectivity index (χ1n) is 10.9. The van der Waals surface area contributed by atoms with Crippen LogP contribution in [-0.4, -0.2) is 66.7 Å². The molecular formula is C23H31N5O2. The van der Waals surface area contributed by atoms with Crippen LogP contribution in [0.4, 0.5) is 11.6 Å². The minimum atomic E-state index is -0.467. The molecule has 0 spiro atoms. The standard InChI is InChI=1S/C23H31N5O2/c1-3-24-20-17-21(26-18(2)25-20)27-11-13-28(14-12-27)22(29)23(9-15-30-16-10-23)19-7-5-4-6-8-19/h4-8,17H,3,9-16H2,1-2H3,(H,24,25,26). The zero-order valence-corrected chi connectivity index (χ0v) is 17.9. The average Bonchev–Trinajstić information content (AvgIpc) is 2.79. The van der Waals surface area contributed by atoms with Crippen molar-refractivity contribution in [2.75, 3.05) is 56.2 Å². The van der Waals surface area contributed by atoms with Crippen LogP contribution in [0.25, 0.3) is 0 Å². The number of anilines is 2. The van der Waals surface area contributed by atoms with E-state index in [4.69, 9.17) is 4.74 Å². The Bertz CT molecular complexity index is 859. The molecule has 0 saturated carbocycles. The predicted molar refractivity (Wildman–Crippen MR) is 118 cm³/mol. The maximum atomic E-state index is 13.7. The van der Waals surface area contributed by atoms with Crippen LogP contribution in [0.15, 0.2) is 36.4 Å². The molecule has 1 N–H and O–H groups in total. The Morgan fingerprint density at radius 1 is 1.10 bits per heavy atom. The van der Waals surface area contributed by atoms with Gasteiger partial charge in [0.05, 0.1) is 5.41 Å². The molecule has 7 nitrogen and oxygen atoms in total. The van der Waals surface area contributed by atoms with Crippen molar-refractivity contribution in [1.82, 2.24) is 14.9 Å². The summed E-state index contributed by atoms with van der Waals surface area (Å²) in [5, 5.41) is 3.27. The van der Waals surface area contributed by atoms with Gasteiger partial charge in [0.25, 0.3) is 0 Å². The summed E-state index contributed by atoms with van der Waals surface area (Å²) in [6.45, 7) is 9.01. The first-order valence-corrected chi connectivity index (χ1v) is 10.9. The summed E-state index contributed by atoms with van der Waals surface area (Å²) in [6, 6.07) is 12.2. The summed E-state index contributed by atoms with van der Waals surface area (Å²) >= 11 is 0. The van der Waals surface area contributed by atoms with E-state index in [1.54, 1.807) is 0 Å². The van der Waals surface area contributed by atoms with E-state index in [-0.39, 0.29) is 5.91 Å². The zero-order chi connectivity index (χ0) is 21.0. The lowest BCUT2D eigenvalue weighted by Crippen LogP contribution is -2.56. The van der Waals surface area contributed by atoms with Gasteiger partial charge in [0.2, 0.25) is 5.91 Å². The highest BCUT2D eigenvalue weighted by Crippen LogP contribution is 2.37. The van der Waals surface area contributed by atoms with Gasteiger partial charge in [-0.1, -0.05) is 30.3 Å². The van der Waals surface area contributed by atoms with Crippen LogP contribution in [0.1, 0.15) is 31.2 Å². The zero-order valence-electron chi connectivity index (χ0n) is 17.9. The fourth-order valence-corrected chi connectivity index (χ4v) is 4.53. The van der Waals surface area contributed by atoms with Crippen molar-refractivity contribution in [1.29, 1.82) is 0 Å². The molecule has 7 heteroatoms. The number of aryl methyl sites for hydroxylation is 1. The molecule has 0 radical (unpaired) electrons. The Morgan fingerprint density at radius 2 is 1.80 bits per heavy atom. The topological polar surface area (TPSA) is 70.6 Å². The fraction of sp³-hybridized carbons (Fsp3) is 0.522. The van der Waals surface area contributed by atoms with Crippen LogP contribution in [0, 0.1) is 6.92 Å². The van der Waals surface area contributed by atoms with Crippen molar-refractivity contribution in [3.63, 3.8) is 0 Å². The number of carbonyl (C=O) groups excluding carboxylic acids is 1. The summed E-state index contributed by atoms with van der Waals surface area (Å²) in [5.74, 6) is 2.77. The van der Waals surface area contributed by atoms with E-state index in [0.29, 0.717) is 26.3 Å². The third kappa shape index (κ3) is 4.12. The average molecular weight is 410 g/mol. The van der Waals surface area contributed by atoms with Crippen molar-refractivity contribution in [3.05, 3.63) is 47.8 Å². The summed E-state index contributed by atoms with van der Waals surface area (Å²) in [5.41, 5.74) is 0.647. The molecule has 2 aromatic rings. The van der Waals surface area contributed by atoms with Gasteiger partial charge in [0.1, 0.15) is 17.5 Å². The van der Waals surface area contributed by atoms with Gasteiger partial charge in [-0.05, 0) is 32.3 Å². The summed E-state index contributed by atoms with van der Waals surface area (Å²) in [6.07, 6.45) is 1.49. The van der Waals surface area contributed by atoms with Gasteiger partial charge < -0.3 is 19.9 Å². The number of ether oxygens (including phenoxy) is 1. The highest BCUT2D eigenvalue weighted by Gasteiger charge is 2.44. The molecule has 3 heterocycles. The van der Waals surface area contributed by atoms with Crippen LogP contribution in [0.3, 0.4) is 0 Å². The molecule has 1 amide bonds. The van der Waals surface area contributed by atoms with E-state index in [2.05, 4.69) is 39.2 Å². The number of nitrogens with zero attached hydrogens (tertiary/aromatic N) is 4. The molecule has 2 saturated heterocycles. The Kier molecular flexibility index (Phi) is 6.18. The van der Waals surface area contributed by atoms with E-state index in [1.807, 2.05) is 36.1 Å².